The number of hydrogen-bond acceptors (Lipinski definition) is 1. The fourth-order valence-electron chi connectivity index (χ4n) is 3.76. The Hall–Kier alpha value is -0.240. The molecule has 0 heterocycles. The highest BCUT2D eigenvalue weighted by atomic mass is 35.5. The molecule has 1 nitrogen and oxygen atoms in total. The third-order valence-electron chi connectivity index (χ3n) is 4.70. The first-order valence-electron chi connectivity index (χ1n) is 7.49. The topological polar surface area (TPSA) is 20.2 Å². The molecule has 1 N–H and O–H groups in total. The average molecular weight is 315 g/mol. The minimum absolute atomic E-state index is 0.328. The molecule has 0 amide bonds. The van der Waals surface area contributed by atoms with Crippen LogP contribution in [0.3, 0.4) is 0 Å². The first kappa shape index (κ1) is 16.1. The second kappa shape index (κ2) is 6.25. The van der Waals surface area contributed by atoms with Crippen molar-refractivity contribution in [3.05, 3.63) is 33.8 Å². The zero-order valence-electron chi connectivity index (χ0n) is 12.5. The van der Waals surface area contributed by atoms with Crippen molar-refractivity contribution in [3.8, 4) is 0 Å². The minimum Gasteiger partial charge on any atom is -0.389 e. The van der Waals surface area contributed by atoms with Crippen molar-refractivity contribution in [1.29, 1.82) is 0 Å². The second-order valence-corrected chi connectivity index (χ2v) is 7.52. The zero-order valence-corrected chi connectivity index (χ0v) is 14.0. The minimum atomic E-state index is -0.667. The van der Waals surface area contributed by atoms with Crippen LogP contribution < -0.4 is 0 Å². The van der Waals surface area contributed by atoms with Crippen LogP contribution in [0.2, 0.25) is 10.0 Å². The molecular weight excluding hydrogens is 291 g/mol. The van der Waals surface area contributed by atoms with E-state index in [1.807, 2.05) is 12.1 Å². The van der Waals surface area contributed by atoms with Crippen LogP contribution in [0.4, 0.5) is 0 Å². The van der Waals surface area contributed by atoms with Crippen LogP contribution in [0, 0.1) is 17.8 Å². The first-order valence-corrected chi connectivity index (χ1v) is 8.24. The van der Waals surface area contributed by atoms with E-state index in [0.29, 0.717) is 34.2 Å². The standard InChI is InChI=1S/C17H24Cl2O/c1-11(2)14-8-7-12(3)9-17(14,20)10-13-5-4-6-15(18)16(13)19/h4-6,11-12,14,20H,7-10H2,1-3H3. The summed E-state index contributed by atoms with van der Waals surface area (Å²) in [7, 11) is 0. The van der Waals surface area contributed by atoms with E-state index >= 15 is 0 Å². The Kier molecular flexibility index (Phi) is 5.05. The zero-order chi connectivity index (χ0) is 14.9. The molecule has 0 bridgehead atoms. The van der Waals surface area contributed by atoms with Crippen molar-refractivity contribution in [2.75, 3.05) is 0 Å². The number of hydrogen-bond donors (Lipinski definition) is 1. The molecule has 0 aliphatic heterocycles. The van der Waals surface area contributed by atoms with E-state index < -0.39 is 5.60 Å². The average Bonchev–Trinajstić information content (AvgIpc) is 2.34. The molecule has 20 heavy (non-hydrogen) atoms. The predicted molar refractivity (Wildman–Crippen MR) is 86.5 cm³/mol. The van der Waals surface area contributed by atoms with Crippen molar-refractivity contribution < 1.29 is 5.11 Å². The first-order chi connectivity index (χ1) is 9.33. The Bertz CT molecular complexity index is 472. The molecule has 3 atom stereocenters. The van der Waals surface area contributed by atoms with Crippen LogP contribution in [0.15, 0.2) is 18.2 Å². The lowest BCUT2D eigenvalue weighted by molar-refractivity contribution is -0.0794. The highest BCUT2D eigenvalue weighted by Gasteiger charge is 2.42. The maximum absolute atomic E-state index is 11.2. The van der Waals surface area contributed by atoms with Crippen molar-refractivity contribution in [3.63, 3.8) is 0 Å². The van der Waals surface area contributed by atoms with Crippen LogP contribution >= 0.6 is 23.2 Å². The molecule has 1 aliphatic rings. The summed E-state index contributed by atoms with van der Waals surface area (Å²) >= 11 is 12.4. The Balaban J connectivity index is 2.29. The maximum Gasteiger partial charge on any atom is 0.0721 e. The molecule has 0 saturated heterocycles. The lowest BCUT2D eigenvalue weighted by atomic mass is 9.65. The summed E-state index contributed by atoms with van der Waals surface area (Å²) in [6.45, 7) is 6.62. The number of halogens is 2. The molecule has 0 aromatic heterocycles. The van der Waals surface area contributed by atoms with Gasteiger partial charge in [0, 0.05) is 6.42 Å². The summed E-state index contributed by atoms with van der Waals surface area (Å²) in [6.07, 6.45) is 3.74. The fourth-order valence-corrected chi connectivity index (χ4v) is 4.15. The highest BCUT2D eigenvalue weighted by molar-refractivity contribution is 6.42. The molecule has 1 fully saturated rings. The second-order valence-electron chi connectivity index (χ2n) is 6.73. The van der Waals surface area contributed by atoms with Crippen molar-refractivity contribution >= 4 is 23.2 Å². The molecule has 3 heteroatoms. The Morgan fingerprint density at radius 2 is 2.00 bits per heavy atom. The van der Waals surface area contributed by atoms with E-state index in [9.17, 15) is 5.11 Å². The molecule has 3 unspecified atom stereocenters. The summed E-state index contributed by atoms with van der Waals surface area (Å²) in [5, 5.41) is 12.4. The van der Waals surface area contributed by atoms with Crippen LogP contribution in [-0.2, 0) is 6.42 Å². The predicted octanol–water partition coefficient (Wildman–Crippen LogP) is 5.36. The molecule has 0 radical (unpaired) electrons. The number of rotatable bonds is 3. The van der Waals surface area contributed by atoms with Gasteiger partial charge < -0.3 is 5.11 Å². The van der Waals surface area contributed by atoms with Gasteiger partial charge in [-0.3, -0.25) is 0 Å². The van der Waals surface area contributed by atoms with Crippen molar-refractivity contribution in [2.24, 2.45) is 17.8 Å². The van der Waals surface area contributed by atoms with Crippen molar-refractivity contribution in [2.45, 2.75) is 52.1 Å². The molecule has 112 valence electrons. The molecule has 1 aromatic rings. The van der Waals surface area contributed by atoms with E-state index in [4.69, 9.17) is 23.2 Å². The van der Waals surface area contributed by atoms with Gasteiger partial charge in [0.2, 0.25) is 0 Å². The van der Waals surface area contributed by atoms with E-state index in [1.165, 1.54) is 6.42 Å². The van der Waals surface area contributed by atoms with Crippen LogP contribution in [0.1, 0.15) is 45.6 Å². The number of benzene rings is 1. The van der Waals surface area contributed by atoms with E-state index in [0.717, 1.165) is 18.4 Å². The molecule has 1 aliphatic carbocycles. The SMILES string of the molecule is CC1CCC(C(C)C)C(O)(Cc2cccc(Cl)c2Cl)C1. The van der Waals surface area contributed by atoms with Crippen molar-refractivity contribution in [1.82, 2.24) is 0 Å². The Morgan fingerprint density at radius 1 is 1.30 bits per heavy atom. The summed E-state index contributed by atoms with van der Waals surface area (Å²) in [5.74, 6) is 1.37. The summed E-state index contributed by atoms with van der Waals surface area (Å²) in [5.41, 5.74) is 0.293. The van der Waals surface area contributed by atoms with Gasteiger partial charge in [0.1, 0.15) is 0 Å². The van der Waals surface area contributed by atoms with Gasteiger partial charge in [0.05, 0.1) is 15.6 Å². The fraction of sp³-hybridized carbons (Fsp3) is 0.647. The van der Waals surface area contributed by atoms with Crippen LogP contribution in [-0.4, -0.2) is 10.7 Å². The molecule has 1 saturated carbocycles. The van der Waals surface area contributed by atoms with E-state index in [1.54, 1.807) is 6.07 Å². The molecule has 2 rings (SSSR count). The van der Waals surface area contributed by atoms with Gasteiger partial charge in [-0.05, 0) is 42.2 Å². The van der Waals surface area contributed by atoms with Crippen LogP contribution in [0.25, 0.3) is 0 Å². The lowest BCUT2D eigenvalue weighted by Crippen LogP contribution is -2.47. The Morgan fingerprint density at radius 3 is 2.65 bits per heavy atom. The van der Waals surface area contributed by atoms with Gasteiger partial charge in [-0.25, -0.2) is 0 Å². The normalized spacial score (nSPS) is 30.8. The van der Waals surface area contributed by atoms with Crippen LogP contribution in [0.5, 0.6) is 0 Å². The molecule has 1 aromatic carbocycles. The van der Waals surface area contributed by atoms with Gasteiger partial charge in [-0.15, -0.1) is 0 Å². The van der Waals surface area contributed by atoms with Gasteiger partial charge in [-0.2, -0.15) is 0 Å². The molecule has 0 spiro atoms. The third kappa shape index (κ3) is 3.32. The maximum atomic E-state index is 11.2. The monoisotopic (exact) mass is 314 g/mol. The summed E-state index contributed by atoms with van der Waals surface area (Å²) < 4.78 is 0. The summed E-state index contributed by atoms with van der Waals surface area (Å²) in [4.78, 5) is 0. The lowest BCUT2D eigenvalue weighted by Gasteiger charge is -2.45. The molecular formula is C17H24Cl2O. The summed E-state index contributed by atoms with van der Waals surface area (Å²) in [6, 6.07) is 5.67. The van der Waals surface area contributed by atoms with E-state index in [2.05, 4.69) is 20.8 Å². The van der Waals surface area contributed by atoms with Gasteiger partial charge >= 0.3 is 0 Å². The van der Waals surface area contributed by atoms with Gasteiger partial charge in [0.15, 0.2) is 0 Å². The largest absolute Gasteiger partial charge is 0.389 e. The Labute approximate surface area is 132 Å². The van der Waals surface area contributed by atoms with E-state index in [-0.39, 0.29) is 0 Å². The highest BCUT2D eigenvalue weighted by Crippen LogP contribution is 2.44. The quantitative estimate of drug-likeness (QED) is 0.796. The van der Waals surface area contributed by atoms with Gasteiger partial charge in [0.25, 0.3) is 0 Å². The van der Waals surface area contributed by atoms with Gasteiger partial charge in [-0.1, -0.05) is 62.5 Å². The smallest absolute Gasteiger partial charge is 0.0721 e. The third-order valence-corrected chi connectivity index (χ3v) is 5.55. The number of aliphatic hydroxyl groups is 1.